The second kappa shape index (κ2) is 7.16. The van der Waals surface area contributed by atoms with Gasteiger partial charge in [0.2, 0.25) is 0 Å². The summed E-state index contributed by atoms with van der Waals surface area (Å²) >= 11 is 0. The van der Waals surface area contributed by atoms with E-state index in [4.69, 9.17) is 4.74 Å². The molecule has 2 rings (SSSR count). The van der Waals surface area contributed by atoms with Crippen LogP contribution in [0.15, 0.2) is 18.2 Å². The number of methoxy groups -OCH3 is 1. The van der Waals surface area contributed by atoms with Crippen LogP contribution in [0.2, 0.25) is 0 Å². The van der Waals surface area contributed by atoms with Gasteiger partial charge in [-0.05, 0) is 37.5 Å². The fraction of sp³-hybridized carbons (Fsp3) is 0.533. The lowest BCUT2D eigenvalue weighted by atomic mass is 10.1. The number of benzene rings is 1. The second-order valence-electron chi connectivity index (χ2n) is 5.73. The van der Waals surface area contributed by atoms with E-state index in [1.54, 1.807) is 6.92 Å². The van der Waals surface area contributed by atoms with Crippen molar-refractivity contribution in [1.82, 2.24) is 10.6 Å². The zero-order chi connectivity index (χ0) is 17.0. The molecule has 128 valence electrons. The van der Waals surface area contributed by atoms with E-state index in [1.165, 1.54) is 25.3 Å². The molecule has 1 aliphatic rings. The highest BCUT2D eigenvalue weighted by Gasteiger charge is 2.28. The Labute approximate surface area is 135 Å². The summed E-state index contributed by atoms with van der Waals surface area (Å²) in [6, 6.07) is 3.23. The van der Waals surface area contributed by atoms with Crippen molar-refractivity contribution in [2.75, 3.05) is 25.2 Å². The summed E-state index contributed by atoms with van der Waals surface area (Å²) in [6.07, 6.45) is 0.565. The molecule has 1 fully saturated rings. The first-order valence-electron chi connectivity index (χ1n) is 7.39. The molecule has 0 saturated carbocycles. The molecule has 2 amide bonds. The van der Waals surface area contributed by atoms with Crippen molar-refractivity contribution in [2.45, 2.75) is 19.4 Å². The van der Waals surface area contributed by atoms with Crippen LogP contribution in [-0.4, -0.2) is 39.6 Å². The Morgan fingerprint density at radius 1 is 1.48 bits per heavy atom. The molecule has 0 unspecified atom stereocenters. The van der Waals surface area contributed by atoms with Crippen molar-refractivity contribution in [1.29, 1.82) is 0 Å². The molecule has 0 radical (unpaired) electrons. The van der Waals surface area contributed by atoms with Gasteiger partial charge in [-0.3, -0.25) is 0 Å². The third-order valence-electron chi connectivity index (χ3n) is 3.88. The van der Waals surface area contributed by atoms with Crippen LogP contribution in [0.3, 0.4) is 0 Å². The van der Waals surface area contributed by atoms with E-state index in [-0.39, 0.29) is 17.4 Å². The Hall–Kier alpha value is -1.83. The first-order valence-corrected chi connectivity index (χ1v) is 9.21. The lowest BCUT2D eigenvalue weighted by Crippen LogP contribution is -2.39. The quantitative estimate of drug-likeness (QED) is 0.850. The van der Waals surface area contributed by atoms with Gasteiger partial charge in [0, 0.05) is 12.1 Å². The molecule has 0 aliphatic carbocycles. The van der Waals surface area contributed by atoms with Crippen molar-refractivity contribution in [3.8, 4) is 5.75 Å². The molecule has 0 aromatic heterocycles. The highest BCUT2D eigenvalue weighted by atomic mass is 32.2. The molecule has 1 heterocycles. The van der Waals surface area contributed by atoms with Crippen LogP contribution in [0.5, 0.6) is 5.75 Å². The molecule has 1 aromatic rings. The van der Waals surface area contributed by atoms with Gasteiger partial charge in [0.25, 0.3) is 0 Å². The van der Waals surface area contributed by atoms with E-state index >= 15 is 0 Å². The molecule has 6 nitrogen and oxygen atoms in total. The van der Waals surface area contributed by atoms with Crippen molar-refractivity contribution < 1.29 is 22.3 Å². The Bertz CT molecular complexity index is 678. The highest BCUT2D eigenvalue weighted by Crippen LogP contribution is 2.25. The Morgan fingerprint density at radius 2 is 2.22 bits per heavy atom. The standard InChI is InChI=1S/C15H21FN2O4S/c1-10(13-7-12(16)3-4-14(13)22-2)18-15(19)17-8-11-5-6-23(20,21)9-11/h3-4,7,10-11H,5-6,8-9H2,1-2H3,(H2,17,18,19)/t10-,11+/m0/s1. The third-order valence-corrected chi connectivity index (χ3v) is 5.72. The average molecular weight is 344 g/mol. The van der Waals surface area contributed by atoms with Gasteiger partial charge in [-0.1, -0.05) is 0 Å². The fourth-order valence-corrected chi connectivity index (χ4v) is 4.50. The zero-order valence-corrected chi connectivity index (χ0v) is 14.0. The topological polar surface area (TPSA) is 84.5 Å². The van der Waals surface area contributed by atoms with Gasteiger partial charge in [0.1, 0.15) is 11.6 Å². The molecule has 0 bridgehead atoms. The maximum absolute atomic E-state index is 13.4. The van der Waals surface area contributed by atoms with Crippen LogP contribution in [0, 0.1) is 11.7 Å². The smallest absolute Gasteiger partial charge is 0.315 e. The number of urea groups is 1. The molecule has 1 aromatic carbocycles. The monoisotopic (exact) mass is 344 g/mol. The molecule has 1 aliphatic heterocycles. The normalized spacial score (nSPS) is 20.7. The SMILES string of the molecule is COc1ccc(F)cc1[C@H](C)NC(=O)NC[C@H]1CCS(=O)(=O)C1. The minimum Gasteiger partial charge on any atom is -0.496 e. The summed E-state index contributed by atoms with van der Waals surface area (Å²) < 4.78 is 41.3. The molecule has 23 heavy (non-hydrogen) atoms. The summed E-state index contributed by atoms with van der Waals surface area (Å²) in [4.78, 5) is 11.9. The number of hydrogen-bond donors (Lipinski definition) is 2. The molecule has 8 heteroatoms. The largest absolute Gasteiger partial charge is 0.496 e. The van der Waals surface area contributed by atoms with E-state index < -0.39 is 27.7 Å². The Balaban J connectivity index is 1.89. The van der Waals surface area contributed by atoms with E-state index in [0.717, 1.165) is 0 Å². The lowest BCUT2D eigenvalue weighted by molar-refractivity contribution is 0.236. The van der Waals surface area contributed by atoms with Crippen LogP contribution in [0.1, 0.15) is 24.9 Å². The molecule has 2 atom stereocenters. The van der Waals surface area contributed by atoms with Gasteiger partial charge < -0.3 is 15.4 Å². The van der Waals surface area contributed by atoms with Gasteiger partial charge in [0.15, 0.2) is 9.84 Å². The predicted molar refractivity (Wildman–Crippen MR) is 84.7 cm³/mol. The number of nitrogens with one attached hydrogen (secondary N) is 2. The third kappa shape index (κ3) is 4.82. The van der Waals surface area contributed by atoms with E-state index in [1.807, 2.05) is 0 Å². The Morgan fingerprint density at radius 3 is 2.83 bits per heavy atom. The van der Waals surface area contributed by atoms with E-state index in [9.17, 15) is 17.6 Å². The minimum atomic E-state index is -2.95. The van der Waals surface area contributed by atoms with Gasteiger partial charge in [-0.2, -0.15) is 0 Å². The lowest BCUT2D eigenvalue weighted by Gasteiger charge is -2.18. The number of carbonyl (C=O) groups is 1. The van der Waals surface area contributed by atoms with Crippen LogP contribution >= 0.6 is 0 Å². The maximum Gasteiger partial charge on any atom is 0.315 e. The first kappa shape index (κ1) is 17.5. The van der Waals surface area contributed by atoms with Crippen molar-refractivity contribution in [3.05, 3.63) is 29.6 Å². The second-order valence-corrected chi connectivity index (χ2v) is 7.96. The molecule has 0 spiro atoms. The van der Waals surface area contributed by atoms with E-state index in [0.29, 0.717) is 24.3 Å². The summed E-state index contributed by atoms with van der Waals surface area (Å²) in [5.74, 6) is 0.315. The minimum absolute atomic E-state index is 0.0511. The van der Waals surface area contributed by atoms with Gasteiger partial charge in [-0.15, -0.1) is 0 Å². The van der Waals surface area contributed by atoms with Crippen LogP contribution in [0.4, 0.5) is 9.18 Å². The van der Waals surface area contributed by atoms with E-state index in [2.05, 4.69) is 10.6 Å². The summed E-state index contributed by atoms with van der Waals surface area (Å²) in [6.45, 7) is 2.02. The molecule has 2 N–H and O–H groups in total. The van der Waals surface area contributed by atoms with Gasteiger partial charge in [0.05, 0.1) is 24.7 Å². The summed E-state index contributed by atoms with van der Waals surface area (Å²) in [5.41, 5.74) is 0.533. The van der Waals surface area contributed by atoms with Gasteiger partial charge in [-0.25, -0.2) is 17.6 Å². The summed E-state index contributed by atoms with van der Waals surface area (Å²) in [7, 11) is -1.48. The van der Waals surface area contributed by atoms with Crippen molar-refractivity contribution in [3.63, 3.8) is 0 Å². The highest BCUT2D eigenvalue weighted by molar-refractivity contribution is 7.91. The van der Waals surface area contributed by atoms with Crippen LogP contribution in [0.25, 0.3) is 0 Å². The number of sulfone groups is 1. The zero-order valence-electron chi connectivity index (χ0n) is 13.1. The fourth-order valence-electron chi connectivity index (χ4n) is 2.64. The maximum atomic E-state index is 13.4. The summed E-state index contributed by atoms with van der Waals surface area (Å²) in [5, 5.41) is 5.36. The molecular weight excluding hydrogens is 323 g/mol. The number of carbonyl (C=O) groups excluding carboxylic acids is 1. The number of rotatable bonds is 5. The van der Waals surface area contributed by atoms with Crippen molar-refractivity contribution >= 4 is 15.9 Å². The number of halogens is 1. The molecular formula is C15H21FN2O4S. The Kier molecular flexibility index (Phi) is 5.46. The van der Waals surface area contributed by atoms with Crippen molar-refractivity contribution in [2.24, 2.45) is 5.92 Å². The predicted octanol–water partition coefficient (Wildman–Crippen LogP) is 1.63. The van der Waals surface area contributed by atoms with Gasteiger partial charge >= 0.3 is 6.03 Å². The first-order chi connectivity index (χ1) is 10.8. The number of amides is 2. The number of ether oxygens (including phenoxy) is 1. The van der Waals surface area contributed by atoms with Crippen LogP contribution in [-0.2, 0) is 9.84 Å². The average Bonchev–Trinajstić information content (AvgIpc) is 2.84. The molecule has 1 saturated heterocycles. The number of hydrogen-bond acceptors (Lipinski definition) is 4. The van der Waals surface area contributed by atoms with Crippen LogP contribution < -0.4 is 15.4 Å².